The van der Waals surface area contributed by atoms with Crippen LogP contribution in [0.5, 0.6) is 5.75 Å². The van der Waals surface area contributed by atoms with Crippen LogP contribution in [0.15, 0.2) is 76.6 Å². The predicted octanol–water partition coefficient (Wildman–Crippen LogP) is 6.11. The summed E-state index contributed by atoms with van der Waals surface area (Å²) in [5, 5.41) is 11.7. The van der Waals surface area contributed by atoms with Gasteiger partial charge in [0.15, 0.2) is 16.7 Å². The van der Waals surface area contributed by atoms with Gasteiger partial charge in [0, 0.05) is 5.02 Å². The summed E-state index contributed by atoms with van der Waals surface area (Å²) in [6.45, 7) is 2.52. The Morgan fingerprint density at radius 1 is 1.24 bits per heavy atom. The number of ketones is 1. The Bertz CT molecular complexity index is 1430. The molecule has 0 aliphatic carbocycles. The van der Waals surface area contributed by atoms with E-state index in [0.29, 0.717) is 33.6 Å². The van der Waals surface area contributed by atoms with Crippen LogP contribution in [0.4, 0.5) is 5.13 Å². The summed E-state index contributed by atoms with van der Waals surface area (Å²) in [7, 11) is 0. The Morgan fingerprint density at radius 2 is 2.09 bits per heavy atom. The van der Waals surface area contributed by atoms with Crippen molar-refractivity contribution in [3.63, 3.8) is 0 Å². The lowest BCUT2D eigenvalue weighted by Gasteiger charge is -2.24. The molecule has 5 rings (SSSR count). The summed E-state index contributed by atoms with van der Waals surface area (Å²) < 4.78 is 11.8. The third-order valence-electron chi connectivity index (χ3n) is 5.39. The summed E-state index contributed by atoms with van der Waals surface area (Å²) in [6, 6.07) is 14.5. The number of nitrogens with zero attached hydrogens (tertiary/aromatic N) is 2. The molecule has 0 bridgehead atoms. The van der Waals surface area contributed by atoms with Gasteiger partial charge in [-0.05, 0) is 54.4 Å². The van der Waals surface area contributed by atoms with Gasteiger partial charge < -0.3 is 14.3 Å². The molecule has 0 radical (unpaired) electrons. The van der Waals surface area contributed by atoms with Gasteiger partial charge >= 0.3 is 0 Å². The zero-order chi connectivity index (χ0) is 23.8. The summed E-state index contributed by atoms with van der Waals surface area (Å²) in [6.07, 6.45) is 2.19. The molecule has 0 saturated carbocycles. The molecule has 9 heteroatoms. The first-order chi connectivity index (χ1) is 16.5. The second kappa shape index (κ2) is 8.96. The molecular weight excluding hydrogens is 476 g/mol. The summed E-state index contributed by atoms with van der Waals surface area (Å²) in [5.41, 5.74) is 1.17. The topological polar surface area (TPSA) is 92.9 Å². The molecule has 4 aromatic rings. The number of thiazole rings is 1. The highest BCUT2D eigenvalue weighted by atomic mass is 35.5. The van der Waals surface area contributed by atoms with Crippen molar-refractivity contribution in [3.05, 3.63) is 88.5 Å². The second-order valence-electron chi connectivity index (χ2n) is 7.68. The number of hydrogen-bond donors (Lipinski definition) is 1. The fourth-order valence-corrected chi connectivity index (χ4v) is 5.14. The predicted molar refractivity (Wildman–Crippen MR) is 130 cm³/mol. The number of rotatable bonds is 7. The van der Waals surface area contributed by atoms with Gasteiger partial charge in [0.2, 0.25) is 5.78 Å². The first-order valence-corrected chi connectivity index (χ1v) is 11.8. The molecule has 0 spiro atoms. The molecule has 1 amide bonds. The third-order valence-corrected chi connectivity index (χ3v) is 6.64. The number of aliphatic hydroxyl groups excluding tert-OH is 1. The maximum absolute atomic E-state index is 13.3. The van der Waals surface area contributed by atoms with Crippen LogP contribution in [-0.4, -0.2) is 28.4 Å². The van der Waals surface area contributed by atoms with E-state index < -0.39 is 23.5 Å². The van der Waals surface area contributed by atoms with Gasteiger partial charge in [0.05, 0.1) is 34.7 Å². The number of aromatic nitrogens is 1. The molecule has 0 fully saturated rings. The molecule has 1 aliphatic rings. The van der Waals surface area contributed by atoms with Gasteiger partial charge in [0.25, 0.3) is 5.91 Å². The minimum absolute atomic E-state index is 0.0238. The number of furan rings is 1. The molecular formula is C25H19ClN2O5S. The number of halogens is 1. The zero-order valence-electron chi connectivity index (χ0n) is 18.0. The number of Topliss-reactive ketones (excluding diaryl/α,β-unsaturated/α-hetero) is 1. The van der Waals surface area contributed by atoms with E-state index in [1.54, 1.807) is 48.5 Å². The van der Waals surface area contributed by atoms with E-state index in [9.17, 15) is 14.7 Å². The van der Waals surface area contributed by atoms with Crippen molar-refractivity contribution in [1.82, 2.24) is 4.98 Å². The number of fused-ring (bicyclic) bond motifs is 1. The summed E-state index contributed by atoms with van der Waals surface area (Å²) in [4.78, 5) is 32.6. The highest BCUT2D eigenvalue weighted by molar-refractivity contribution is 7.22. The van der Waals surface area contributed by atoms with Crippen LogP contribution in [0.25, 0.3) is 10.2 Å². The van der Waals surface area contributed by atoms with E-state index in [0.717, 1.165) is 11.1 Å². The summed E-state index contributed by atoms with van der Waals surface area (Å²) in [5.74, 6) is -1.31. The molecule has 1 aliphatic heterocycles. The lowest BCUT2D eigenvalue weighted by molar-refractivity contribution is -0.117. The number of carbonyl (C=O) groups is 2. The van der Waals surface area contributed by atoms with E-state index in [2.05, 4.69) is 4.98 Å². The van der Waals surface area contributed by atoms with Crippen molar-refractivity contribution in [2.24, 2.45) is 0 Å². The van der Waals surface area contributed by atoms with Crippen molar-refractivity contribution in [2.75, 3.05) is 11.5 Å². The number of amides is 1. The van der Waals surface area contributed by atoms with Gasteiger partial charge in [-0.25, -0.2) is 4.98 Å². The monoisotopic (exact) mass is 494 g/mol. The Balaban J connectivity index is 1.66. The third kappa shape index (κ3) is 3.85. The maximum Gasteiger partial charge on any atom is 0.296 e. The van der Waals surface area contributed by atoms with Crippen LogP contribution >= 0.6 is 22.9 Å². The zero-order valence-corrected chi connectivity index (χ0v) is 19.6. The number of hydrogen-bond acceptors (Lipinski definition) is 7. The lowest BCUT2D eigenvalue weighted by atomic mass is 9.95. The Morgan fingerprint density at radius 3 is 2.85 bits per heavy atom. The largest absolute Gasteiger partial charge is 0.503 e. The number of carbonyl (C=O) groups excluding carboxylic acids is 2. The molecule has 2 aromatic heterocycles. The molecule has 0 saturated heterocycles. The normalized spacial score (nSPS) is 16.0. The summed E-state index contributed by atoms with van der Waals surface area (Å²) >= 11 is 7.37. The molecule has 172 valence electrons. The van der Waals surface area contributed by atoms with Gasteiger partial charge in [0.1, 0.15) is 5.75 Å². The molecule has 34 heavy (non-hydrogen) atoms. The minimum atomic E-state index is -0.925. The van der Waals surface area contributed by atoms with Gasteiger partial charge in [-0.2, -0.15) is 0 Å². The fraction of sp³-hybridized carbons (Fsp3) is 0.160. The van der Waals surface area contributed by atoms with Gasteiger partial charge in [-0.3, -0.25) is 14.5 Å². The van der Waals surface area contributed by atoms with E-state index in [-0.39, 0.29) is 11.3 Å². The molecule has 7 nitrogen and oxygen atoms in total. The Labute approximate surface area is 203 Å². The van der Waals surface area contributed by atoms with E-state index in [4.69, 9.17) is 20.8 Å². The number of benzene rings is 2. The van der Waals surface area contributed by atoms with Gasteiger partial charge in [-0.15, -0.1) is 0 Å². The van der Waals surface area contributed by atoms with Crippen LogP contribution in [0.1, 0.15) is 35.5 Å². The van der Waals surface area contributed by atoms with Crippen molar-refractivity contribution >= 4 is 50.0 Å². The van der Waals surface area contributed by atoms with Gasteiger partial charge in [-0.1, -0.05) is 42.0 Å². The van der Waals surface area contributed by atoms with Crippen molar-refractivity contribution < 1.29 is 23.8 Å². The fourth-order valence-electron chi connectivity index (χ4n) is 3.87. The van der Waals surface area contributed by atoms with E-state index >= 15 is 0 Å². The average Bonchev–Trinajstić information content (AvgIpc) is 3.56. The van der Waals surface area contributed by atoms with Crippen molar-refractivity contribution in [3.8, 4) is 5.75 Å². The molecule has 1 unspecified atom stereocenters. The van der Waals surface area contributed by atoms with Crippen LogP contribution in [0.3, 0.4) is 0 Å². The average molecular weight is 495 g/mol. The second-order valence-corrected chi connectivity index (χ2v) is 9.12. The maximum atomic E-state index is 13.3. The smallest absolute Gasteiger partial charge is 0.296 e. The SMILES string of the molecule is CCCOc1cccc(C2C(C(=O)c3ccco3)=C(O)C(=O)N2c2nc3ccc(Cl)cc3s2)c1. The lowest BCUT2D eigenvalue weighted by Crippen LogP contribution is -2.31. The van der Waals surface area contributed by atoms with Crippen LogP contribution < -0.4 is 9.64 Å². The van der Waals surface area contributed by atoms with Crippen LogP contribution in [0.2, 0.25) is 5.02 Å². The first kappa shape index (κ1) is 22.2. The Hall–Kier alpha value is -3.62. The molecule has 1 N–H and O–H groups in total. The number of ether oxygens (including phenoxy) is 1. The highest BCUT2D eigenvalue weighted by Gasteiger charge is 2.46. The van der Waals surface area contributed by atoms with Crippen molar-refractivity contribution in [1.29, 1.82) is 0 Å². The molecule has 1 atom stereocenters. The van der Waals surface area contributed by atoms with Crippen LogP contribution in [0, 0.1) is 0 Å². The van der Waals surface area contributed by atoms with E-state index in [1.807, 2.05) is 6.92 Å². The molecule has 3 heterocycles. The van der Waals surface area contributed by atoms with Crippen molar-refractivity contribution in [2.45, 2.75) is 19.4 Å². The van der Waals surface area contributed by atoms with Crippen LogP contribution in [-0.2, 0) is 4.79 Å². The number of aliphatic hydroxyl groups is 1. The quantitative estimate of drug-likeness (QED) is 0.311. The standard InChI is InChI=1S/C25H19ClN2O5S/c1-2-10-32-16-6-3-5-14(12-16)21-20(22(29)18-7-4-11-33-18)23(30)24(31)28(21)25-27-17-9-8-15(26)13-19(17)34-25/h3-9,11-13,21,30H,2,10H2,1H3. The number of anilines is 1. The Kier molecular flexibility index (Phi) is 5.85. The highest BCUT2D eigenvalue weighted by Crippen LogP contribution is 2.45. The van der Waals surface area contributed by atoms with E-state index in [1.165, 1.54) is 28.6 Å². The molecule has 2 aromatic carbocycles. The minimum Gasteiger partial charge on any atom is -0.503 e. The first-order valence-electron chi connectivity index (χ1n) is 10.6.